The molecular weight excluding hydrogens is 285 g/mol. The Bertz CT molecular complexity index is 634. The third kappa shape index (κ3) is 2.95. The number of methoxy groups -OCH3 is 1. The molecule has 106 valence electrons. The topological polar surface area (TPSA) is 64.7 Å². The van der Waals surface area contributed by atoms with E-state index < -0.39 is 5.82 Å². The summed E-state index contributed by atoms with van der Waals surface area (Å²) in [6, 6.07) is 7.28. The smallest absolute Gasteiger partial charge is 0.169 e. The molecule has 0 aliphatic rings. The Morgan fingerprint density at radius 3 is 2.60 bits per heavy atom. The molecule has 4 nitrogen and oxygen atoms in total. The number of halogens is 2. The molecule has 0 fully saturated rings. The van der Waals surface area contributed by atoms with Crippen LogP contribution in [0, 0.1) is 5.82 Å². The Labute approximate surface area is 120 Å². The number of aliphatic hydroxyl groups excluding tert-OH is 1. The van der Waals surface area contributed by atoms with Crippen LogP contribution in [0.3, 0.4) is 0 Å². The van der Waals surface area contributed by atoms with Gasteiger partial charge in [-0.15, -0.1) is 0 Å². The van der Waals surface area contributed by atoms with Crippen LogP contribution in [0.1, 0.15) is 5.56 Å². The monoisotopic (exact) mass is 297 g/mol. The van der Waals surface area contributed by atoms with Crippen molar-refractivity contribution in [2.75, 3.05) is 12.8 Å². The average molecular weight is 298 g/mol. The van der Waals surface area contributed by atoms with Gasteiger partial charge in [-0.3, -0.25) is 0 Å². The van der Waals surface area contributed by atoms with E-state index in [0.717, 1.165) is 6.07 Å². The van der Waals surface area contributed by atoms with Crippen LogP contribution in [0.15, 0.2) is 30.3 Å². The van der Waals surface area contributed by atoms with Gasteiger partial charge in [0.25, 0.3) is 0 Å². The molecule has 20 heavy (non-hydrogen) atoms. The highest BCUT2D eigenvalue weighted by atomic mass is 35.5. The fraction of sp³-hybridized carbons (Fsp3) is 0.143. The Hall–Kier alpha value is -1.98. The molecule has 0 amide bonds. The predicted molar refractivity (Wildman–Crippen MR) is 74.8 cm³/mol. The average Bonchev–Trinajstić information content (AvgIpc) is 2.45. The Kier molecular flexibility index (Phi) is 4.32. The summed E-state index contributed by atoms with van der Waals surface area (Å²) < 4.78 is 24.1. The van der Waals surface area contributed by atoms with E-state index in [2.05, 4.69) is 0 Å². The van der Waals surface area contributed by atoms with E-state index in [1.807, 2.05) is 0 Å². The lowest BCUT2D eigenvalue weighted by Crippen LogP contribution is -1.96. The van der Waals surface area contributed by atoms with Crippen LogP contribution >= 0.6 is 11.6 Å². The van der Waals surface area contributed by atoms with Gasteiger partial charge < -0.3 is 20.3 Å². The Morgan fingerprint density at radius 1 is 1.20 bits per heavy atom. The second-order valence-electron chi connectivity index (χ2n) is 4.05. The lowest BCUT2D eigenvalue weighted by atomic mass is 10.2. The highest BCUT2D eigenvalue weighted by Gasteiger charge is 2.12. The minimum atomic E-state index is -0.623. The van der Waals surface area contributed by atoms with Gasteiger partial charge in [-0.05, 0) is 23.8 Å². The first-order valence-corrected chi connectivity index (χ1v) is 6.13. The number of aliphatic hydroxyl groups is 1. The summed E-state index contributed by atoms with van der Waals surface area (Å²) in [6.07, 6.45) is 0. The fourth-order valence-electron chi connectivity index (χ4n) is 1.65. The number of hydrogen-bond acceptors (Lipinski definition) is 4. The van der Waals surface area contributed by atoms with Crippen molar-refractivity contribution >= 4 is 17.3 Å². The maximum atomic E-state index is 13.4. The maximum absolute atomic E-state index is 13.4. The lowest BCUT2D eigenvalue weighted by molar-refractivity contribution is 0.280. The quantitative estimate of drug-likeness (QED) is 0.849. The first-order chi connectivity index (χ1) is 9.55. The van der Waals surface area contributed by atoms with E-state index in [-0.39, 0.29) is 23.1 Å². The van der Waals surface area contributed by atoms with Gasteiger partial charge in [0.05, 0.1) is 24.4 Å². The van der Waals surface area contributed by atoms with E-state index in [0.29, 0.717) is 17.1 Å². The Morgan fingerprint density at radius 2 is 1.95 bits per heavy atom. The second kappa shape index (κ2) is 5.98. The van der Waals surface area contributed by atoms with Gasteiger partial charge in [-0.2, -0.15) is 0 Å². The molecule has 2 aromatic carbocycles. The van der Waals surface area contributed by atoms with Gasteiger partial charge in [-0.25, -0.2) is 4.39 Å². The molecule has 0 bridgehead atoms. The summed E-state index contributed by atoms with van der Waals surface area (Å²) in [5.41, 5.74) is 6.61. The van der Waals surface area contributed by atoms with E-state index >= 15 is 0 Å². The summed E-state index contributed by atoms with van der Waals surface area (Å²) in [5.74, 6) is 0.285. The van der Waals surface area contributed by atoms with Crippen LogP contribution in [-0.4, -0.2) is 12.2 Å². The second-order valence-corrected chi connectivity index (χ2v) is 4.46. The molecule has 2 aromatic rings. The van der Waals surface area contributed by atoms with E-state index in [4.69, 9.17) is 31.9 Å². The first kappa shape index (κ1) is 14.4. The summed E-state index contributed by atoms with van der Waals surface area (Å²) >= 11 is 5.62. The number of hydrogen-bond donors (Lipinski definition) is 2. The molecule has 0 saturated heterocycles. The zero-order valence-corrected chi connectivity index (χ0v) is 11.4. The highest BCUT2D eigenvalue weighted by Crippen LogP contribution is 2.36. The Balaban J connectivity index is 2.37. The molecule has 0 heterocycles. The molecule has 0 atom stereocenters. The van der Waals surface area contributed by atoms with E-state index in [1.165, 1.54) is 13.2 Å². The van der Waals surface area contributed by atoms with Crippen molar-refractivity contribution < 1.29 is 19.0 Å². The number of rotatable bonds is 4. The normalized spacial score (nSPS) is 10.4. The molecule has 6 heteroatoms. The number of nitrogens with two attached hydrogens (primary N) is 1. The van der Waals surface area contributed by atoms with Crippen LogP contribution in [0.2, 0.25) is 5.02 Å². The summed E-state index contributed by atoms with van der Waals surface area (Å²) in [4.78, 5) is 0. The molecule has 0 unspecified atom stereocenters. The number of benzene rings is 2. The SMILES string of the molecule is COc1cc(CO)ccc1Oc1cc(F)c(Cl)cc1N. The van der Waals surface area contributed by atoms with Gasteiger partial charge in [0, 0.05) is 6.07 Å². The molecule has 2 rings (SSSR count). The van der Waals surface area contributed by atoms with Gasteiger partial charge in [-0.1, -0.05) is 17.7 Å². The zero-order chi connectivity index (χ0) is 14.7. The van der Waals surface area contributed by atoms with Crippen molar-refractivity contribution in [1.29, 1.82) is 0 Å². The van der Waals surface area contributed by atoms with E-state index in [9.17, 15) is 4.39 Å². The molecule has 0 spiro atoms. The van der Waals surface area contributed by atoms with Crippen molar-refractivity contribution in [2.45, 2.75) is 6.61 Å². The molecule has 0 aliphatic carbocycles. The first-order valence-electron chi connectivity index (χ1n) is 5.75. The van der Waals surface area contributed by atoms with Crippen molar-refractivity contribution in [3.05, 3.63) is 46.7 Å². The lowest BCUT2D eigenvalue weighted by Gasteiger charge is -2.13. The van der Waals surface area contributed by atoms with Crippen LogP contribution in [0.25, 0.3) is 0 Å². The molecule has 0 aromatic heterocycles. The van der Waals surface area contributed by atoms with Gasteiger partial charge in [0.2, 0.25) is 0 Å². The van der Waals surface area contributed by atoms with Crippen molar-refractivity contribution in [1.82, 2.24) is 0 Å². The van der Waals surface area contributed by atoms with Crippen molar-refractivity contribution in [3.8, 4) is 17.2 Å². The molecule has 3 N–H and O–H groups in total. The third-order valence-electron chi connectivity index (χ3n) is 2.68. The van der Waals surface area contributed by atoms with Crippen molar-refractivity contribution in [2.24, 2.45) is 0 Å². The predicted octanol–water partition coefficient (Wildman–Crippen LogP) is 3.35. The third-order valence-corrected chi connectivity index (χ3v) is 2.97. The number of anilines is 1. The standard InChI is InChI=1S/C14H13ClFNO3/c1-19-14-4-8(7-18)2-3-12(14)20-13-6-10(16)9(15)5-11(13)17/h2-6,18H,7,17H2,1H3. The summed E-state index contributed by atoms with van der Waals surface area (Å²) in [5, 5.41) is 9.00. The van der Waals surface area contributed by atoms with Crippen LogP contribution in [0.4, 0.5) is 10.1 Å². The number of nitrogen functional groups attached to an aromatic ring is 1. The minimum Gasteiger partial charge on any atom is -0.493 e. The zero-order valence-electron chi connectivity index (χ0n) is 10.7. The highest BCUT2D eigenvalue weighted by molar-refractivity contribution is 6.31. The van der Waals surface area contributed by atoms with Gasteiger partial charge >= 0.3 is 0 Å². The number of ether oxygens (including phenoxy) is 2. The molecule has 0 radical (unpaired) electrons. The molecular formula is C14H13ClFNO3. The van der Waals surface area contributed by atoms with Crippen LogP contribution in [-0.2, 0) is 6.61 Å². The van der Waals surface area contributed by atoms with Crippen LogP contribution < -0.4 is 15.2 Å². The molecule has 0 aliphatic heterocycles. The summed E-state index contributed by atoms with van der Waals surface area (Å²) in [7, 11) is 1.47. The van der Waals surface area contributed by atoms with Crippen molar-refractivity contribution in [3.63, 3.8) is 0 Å². The van der Waals surface area contributed by atoms with Gasteiger partial charge in [0.15, 0.2) is 17.2 Å². The van der Waals surface area contributed by atoms with Gasteiger partial charge in [0.1, 0.15) is 5.82 Å². The molecule has 0 saturated carbocycles. The largest absolute Gasteiger partial charge is 0.493 e. The minimum absolute atomic E-state index is 0.0718. The fourth-order valence-corrected chi connectivity index (χ4v) is 1.82. The summed E-state index contributed by atoms with van der Waals surface area (Å²) in [6.45, 7) is -0.117. The maximum Gasteiger partial charge on any atom is 0.169 e. The van der Waals surface area contributed by atoms with Crippen LogP contribution in [0.5, 0.6) is 17.2 Å². The van der Waals surface area contributed by atoms with E-state index in [1.54, 1.807) is 18.2 Å².